The molecule has 0 unspecified atom stereocenters. The van der Waals surface area contributed by atoms with Crippen molar-refractivity contribution in [2.24, 2.45) is 0 Å². The summed E-state index contributed by atoms with van der Waals surface area (Å²) in [5, 5.41) is 13.5. The number of carbonyl (C=O) groups is 2. The minimum Gasteiger partial charge on any atom is -0.490 e. The SMILES string of the molecule is CCOC(=O)c1cnc2cc(-c3cnc(OC)nc3OC)ccc2c1Nc1cc(OC2CCC(F)(F)CC2)cc(C(=O)O)c1. The van der Waals surface area contributed by atoms with Crippen LogP contribution in [-0.2, 0) is 4.74 Å². The van der Waals surface area contributed by atoms with Crippen molar-refractivity contribution in [2.75, 3.05) is 26.1 Å². The fourth-order valence-corrected chi connectivity index (χ4v) is 4.99. The number of halogens is 2. The Morgan fingerprint density at radius 2 is 1.82 bits per heavy atom. The first-order valence-electron chi connectivity index (χ1n) is 13.9. The number of carboxylic acids is 1. The molecule has 0 amide bonds. The van der Waals surface area contributed by atoms with Crippen LogP contribution in [0.3, 0.4) is 0 Å². The second-order valence-electron chi connectivity index (χ2n) is 10.1. The van der Waals surface area contributed by atoms with Crippen molar-refractivity contribution in [3.63, 3.8) is 0 Å². The minimum absolute atomic E-state index is 0.0870. The van der Waals surface area contributed by atoms with Gasteiger partial charge < -0.3 is 29.4 Å². The largest absolute Gasteiger partial charge is 0.490 e. The zero-order chi connectivity index (χ0) is 31.4. The van der Waals surface area contributed by atoms with Crippen LogP contribution in [0.2, 0.25) is 0 Å². The van der Waals surface area contributed by atoms with E-state index in [0.29, 0.717) is 33.4 Å². The van der Waals surface area contributed by atoms with Gasteiger partial charge in [0.15, 0.2) is 0 Å². The molecule has 0 bridgehead atoms. The smallest absolute Gasteiger partial charge is 0.341 e. The molecule has 2 N–H and O–H groups in total. The number of nitrogens with zero attached hydrogens (tertiary/aromatic N) is 3. The fourth-order valence-electron chi connectivity index (χ4n) is 4.99. The molecule has 5 rings (SSSR count). The van der Waals surface area contributed by atoms with Crippen LogP contribution in [-0.4, -0.2) is 64.9 Å². The van der Waals surface area contributed by atoms with E-state index in [1.807, 2.05) is 0 Å². The van der Waals surface area contributed by atoms with Gasteiger partial charge in [-0.25, -0.2) is 23.4 Å². The van der Waals surface area contributed by atoms with Gasteiger partial charge in [0.05, 0.1) is 49.3 Å². The van der Waals surface area contributed by atoms with Crippen LogP contribution < -0.4 is 19.5 Å². The van der Waals surface area contributed by atoms with Crippen LogP contribution in [0, 0.1) is 0 Å². The third-order valence-electron chi connectivity index (χ3n) is 7.17. The maximum absolute atomic E-state index is 13.7. The van der Waals surface area contributed by atoms with E-state index in [-0.39, 0.29) is 61.1 Å². The highest BCUT2D eigenvalue weighted by Gasteiger charge is 2.35. The minimum atomic E-state index is -2.73. The Kier molecular flexibility index (Phi) is 8.74. The Hall–Kier alpha value is -5.07. The van der Waals surface area contributed by atoms with Gasteiger partial charge in [-0.2, -0.15) is 4.98 Å². The number of aromatic nitrogens is 3. The van der Waals surface area contributed by atoms with E-state index in [2.05, 4.69) is 20.3 Å². The van der Waals surface area contributed by atoms with E-state index in [9.17, 15) is 23.5 Å². The summed E-state index contributed by atoms with van der Waals surface area (Å²) in [5.41, 5.74) is 2.41. The van der Waals surface area contributed by atoms with E-state index in [1.165, 1.54) is 32.5 Å². The number of carboxylic acid groups (broad SMARTS) is 1. The summed E-state index contributed by atoms with van der Waals surface area (Å²) in [4.78, 5) is 37.8. The zero-order valence-corrected chi connectivity index (χ0v) is 24.2. The molecule has 1 aliphatic carbocycles. The molecule has 1 saturated carbocycles. The van der Waals surface area contributed by atoms with E-state index in [0.717, 1.165) is 0 Å². The summed E-state index contributed by atoms with van der Waals surface area (Å²) in [6.07, 6.45) is 2.12. The van der Waals surface area contributed by atoms with Crippen LogP contribution in [0.1, 0.15) is 53.3 Å². The number of hydrogen-bond donors (Lipinski definition) is 2. The van der Waals surface area contributed by atoms with E-state index in [1.54, 1.807) is 37.4 Å². The van der Waals surface area contributed by atoms with Gasteiger partial charge in [0.2, 0.25) is 11.8 Å². The zero-order valence-electron chi connectivity index (χ0n) is 24.2. The number of hydrogen-bond acceptors (Lipinski definition) is 10. The highest BCUT2D eigenvalue weighted by atomic mass is 19.3. The molecule has 230 valence electrons. The van der Waals surface area contributed by atoms with Gasteiger partial charge in [0, 0.05) is 42.4 Å². The first-order chi connectivity index (χ1) is 21.1. The number of benzene rings is 2. The Morgan fingerprint density at radius 1 is 1.05 bits per heavy atom. The van der Waals surface area contributed by atoms with Crippen molar-refractivity contribution in [3.05, 3.63) is 59.9 Å². The van der Waals surface area contributed by atoms with Crippen molar-refractivity contribution in [1.82, 2.24) is 15.0 Å². The molecule has 13 heteroatoms. The quantitative estimate of drug-likeness (QED) is 0.196. The lowest BCUT2D eigenvalue weighted by Gasteiger charge is -2.29. The number of esters is 1. The molecule has 44 heavy (non-hydrogen) atoms. The molecule has 2 aromatic carbocycles. The summed E-state index contributed by atoms with van der Waals surface area (Å²) >= 11 is 0. The molecular weight excluding hydrogens is 578 g/mol. The van der Waals surface area contributed by atoms with Crippen molar-refractivity contribution in [1.29, 1.82) is 0 Å². The van der Waals surface area contributed by atoms with Crippen molar-refractivity contribution in [3.8, 4) is 28.8 Å². The summed E-state index contributed by atoms with van der Waals surface area (Å²) in [6.45, 7) is 1.80. The maximum atomic E-state index is 13.7. The molecule has 11 nitrogen and oxygen atoms in total. The lowest BCUT2D eigenvalue weighted by Crippen LogP contribution is -2.30. The van der Waals surface area contributed by atoms with E-state index in [4.69, 9.17) is 18.9 Å². The van der Waals surface area contributed by atoms with E-state index >= 15 is 0 Å². The second kappa shape index (κ2) is 12.7. The predicted octanol–water partition coefficient (Wildman–Crippen LogP) is 6.28. The molecule has 1 fully saturated rings. The molecule has 2 aromatic heterocycles. The lowest BCUT2D eigenvalue weighted by molar-refractivity contribution is -0.0582. The molecule has 0 atom stereocenters. The predicted molar refractivity (Wildman–Crippen MR) is 156 cm³/mol. The number of carbonyl (C=O) groups excluding carboxylic acids is 1. The highest BCUT2D eigenvalue weighted by molar-refractivity contribution is 6.07. The van der Waals surface area contributed by atoms with Crippen molar-refractivity contribution in [2.45, 2.75) is 44.6 Å². The van der Waals surface area contributed by atoms with Gasteiger partial charge in [0.25, 0.3) is 0 Å². The molecule has 0 aliphatic heterocycles. The van der Waals surface area contributed by atoms with E-state index < -0.39 is 24.0 Å². The molecule has 0 saturated heterocycles. The number of anilines is 2. The Morgan fingerprint density at radius 3 is 2.50 bits per heavy atom. The van der Waals surface area contributed by atoms with Crippen LogP contribution in [0.25, 0.3) is 22.0 Å². The molecular formula is C31H30F2N4O7. The molecule has 0 radical (unpaired) electrons. The standard InChI is InChI=1S/C31H30F2N4O7/c1-4-43-29(40)24-16-34-25-13-17(23-15-35-30(42-3)37-27(23)41-2)5-6-22(25)26(24)36-19-11-18(28(38)39)12-21(14-19)44-20-7-9-31(32,33)10-8-20/h5-6,11-16,20H,4,7-10H2,1-3H3,(H,34,36)(H,38,39). The second-order valence-corrected chi connectivity index (χ2v) is 10.1. The number of alkyl halides is 2. The number of pyridine rings is 1. The number of fused-ring (bicyclic) bond motifs is 1. The number of aromatic carboxylic acids is 1. The van der Waals surface area contributed by atoms with Gasteiger partial charge in [-0.3, -0.25) is 4.98 Å². The van der Waals surface area contributed by atoms with Crippen LogP contribution in [0.15, 0.2) is 48.8 Å². The van der Waals surface area contributed by atoms with Gasteiger partial charge in [-0.15, -0.1) is 0 Å². The molecule has 1 aliphatic rings. The Labute approximate surface area is 251 Å². The van der Waals surface area contributed by atoms with Crippen molar-refractivity contribution >= 4 is 34.2 Å². The first kappa shape index (κ1) is 30.4. The van der Waals surface area contributed by atoms with Gasteiger partial charge in [-0.1, -0.05) is 12.1 Å². The third-order valence-corrected chi connectivity index (χ3v) is 7.17. The summed E-state index contributed by atoms with van der Waals surface area (Å²) in [6, 6.07) is 9.72. The topological polar surface area (TPSA) is 142 Å². The number of methoxy groups -OCH3 is 2. The third kappa shape index (κ3) is 6.61. The summed E-state index contributed by atoms with van der Waals surface area (Å²) < 4.78 is 49.0. The average molecular weight is 609 g/mol. The highest BCUT2D eigenvalue weighted by Crippen LogP contribution is 2.38. The Bertz CT molecular complexity index is 1710. The first-order valence-corrected chi connectivity index (χ1v) is 13.9. The van der Waals surface area contributed by atoms with Gasteiger partial charge in [-0.05, 0) is 43.5 Å². The lowest BCUT2D eigenvalue weighted by atomic mass is 9.94. The fraction of sp³-hybridized carbons (Fsp3) is 0.323. The Balaban J connectivity index is 1.55. The maximum Gasteiger partial charge on any atom is 0.341 e. The number of ether oxygens (including phenoxy) is 4. The average Bonchev–Trinajstić information content (AvgIpc) is 3.01. The monoisotopic (exact) mass is 608 g/mol. The summed E-state index contributed by atoms with van der Waals surface area (Å²) in [5.74, 6) is -4.08. The van der Waals surface area contributed by atoms with Crippen LogP contribution in [0.5, 0.6) is 17.6 Å². The summed E-state index contributed by atoms with van der Waals surface area (Å²) in [7, 11) is 2.92. The molecule has 0 spiro atoms. The molecule has 4 aromatic rings. The van der Waals surface area contributed by atoms with Gasteiger partial charge in [0.1, 0.15) is 11.3 Å². The number of rotatable bonds is 10. The number of nitrogens with one attached hydrogen (secondary N) is 1. The van der Waals surface area contributed by atoms with Gasteiger partial charge >= 0.3 is 17.9 Å². The van der Waals surface area contributed by atoms with Crippen LogP contribution in [0.4, 0.5) is 20.2 Å². The molecule has 2 heterocycles. The normalized spacial score (nSPS) is 14.6. The van der Waals surface area contributed by atoms with Crippen LogP contribution >= 0.6 is 0 Å². The van der Waals surface area contributed by atoms with Crippen molar-refractivity contribution < 1.29 is 42.4 Å².